The molecule has 43 heavy (non-hydrogen) atoms. The Morgan fingerprint density at radius 1 is 0.395 bits per heavy atom. The van der Waals surface area contributed by atoms with Crippen LogP contribution in [0.5, 0.6) is 0 Å². The van der Waals surface area contributed by atoms with Crippen LogP contribution in [0.4, 0.5) is 0 Å². The van der Waals surface area contributed by atoms with Crippen molar-refractivity contribution < 1.29 is 0 Å². The smallest absolute Gasteiger partial charge is 0.0119 e. The van der Waals surface area contributed by atoms with Gasteiger partial charge in [-0.05, 0) is 142 Å². The third-order valence-corrected chi connectivity index (χ3v) is 17.4. The van der Waals surface area contributed by atoms with Gasteiger partial charge >= 0.3 is 0 Å². The fraction of sp³-hybridized carbons (Fsp3) is 1.00. The molecule has 9 saturated carbocycles. The van der Waals surface area contributed by atoms with Gasteiger partial charge in [-0.1, -0.05) is 89.9 Å². The molecule has 0 saturated heterocycles. The summed E-state index contributed by atoms with van der Waals surface area (Å²) in [5.74, 6) is 10.3. The summed E-state index contributed by atoms with van der Waals surface area (Å²) in [6.45, 7) is 0. The van der Waals surface area contributed by atoms with Crippen LogP contribution in [0.3, 0.4) is 0 Å². The maximum absolute atomic E-state index is 7.86. The predicted molar refractivity (Wildman–Crippen MR) is 179 cm³/mol. The first kappa shape index (κ1) is 29.1. The van der Waals surface area contributed by atoms with Gasteiger partial charge in [0.15, 0.2) is 0 Å². The molecular formula is C41H68N2. The van der Waals surface area contributed by atoms with Gasteiger partial charge in [-0.15, -0.1) is 0 Å². The number of hydrogen-bond donors (Lipinski definition) is 1. The van der Waals surface area contributed by atoms with Gasteiger partial charge in [0, 0.05) is 24.2 Å². The van der Waals surface area contributed by atoms with Crippen LogP contribution in [0.1, 0.15) is 167 Å². The second-order valence-corrected chi connectivity index (χ2v) is 18.7. The lowest BCUT2D eigenvalue weighted by molar-refractivity contribution is -0.0719. The van der Waals surface area contributed by atoms with Gasteiger partial charge in [-0.3, -0.25) is 4.90 Å². The highest BCUT2D eigenvalue weighted by Gasteiger charge is 2.74. The van der Waals surface area contributed by atoms with Crippen molar-refractivity contribution in [1.29, 1.82) is 0 Å². The minimum Gasteiger partial charge on any atom is -0.327 e. The average molecular weight is 589 g/mol. The van der Waals surface area contributed by atoms with E-state index in [2.05, 4.69) is 4.90 Å². The topological polar surface area (TPSA) is 29.3 Å². The maximum Gasteiger partial charge on any atom is 0.0119 e. The Kier molecular flexibility index (Phi) is 8.03. The summed E-state index contributed by atoms with van der Waals surface area (Å²) >= 11 is 0. The molecule has 2 heteroatoms. The van der Waals surface area contributed by atoms with E-state index >= 15 is 0 Å². The van der Waals surface area contributed by atoms with Gasteiger partial charge in [-0.25, -0.2) is 0 Å². The highest BCUT2D eigenvalue weighted by Crippen LogP contribution is 2.78. The molecule has 0 aromatic rings. The van der Waals surface area contributed by atoms with Crippen molar-refractivity contribution in [2.45, 2.75) is 191 Å². The largest absolute Gasteiger partial charge is 0.327 e. The van der Waals surface area contributed by atoms with Crippen molar-refractivity contribution in [2.75, 3.05) is 0 Å². The van der Waals surface area contributed by atoms with Crippen molar-refractivity contribution in [2.24, 2.45) is 70.3 Å². The van der Waals surface area contributed by atoms with Crippen molar-refractivity contribution in [3.05, 3.63) is 0 Å². The van der Waals surface area contributed by atoms with Gasteiger partial charge in [0.1, 0.15) is 0 Å². The van der Waals surface area contributed by atoms with Crippen LogP contribution in [0.2, 0.25) is 0 Å². The summed E-state index contributed by atoms with van der Waals surface area (Å²) in [5.41, 5.74) is 8.50. The molecule has 9 aliphatic carbocycles. The molecule has 0 aromatic heterocycles. The molecule has 2 N–H and O–H groups in total. The van der Waals surface area contributed by atoms with E-state index in [1.807, 2.05) is 0 Å². The lowest BCUT2D eigenvalue weighted by atomic mass is 9.50. The first-order valence-corrected chi connectivity index (χ1v) is 20.8. The van der Waals surface area contributed by atoms with E-state index in [1.54, 1.807) is 70.6 Å². The third kappa shape index (κ3) is 4.57. The fourth-order valence-corrected chi connectivity index (χ4v) is 16.5. The highest BCUT2D eigenvalue weighted by atomic mass is 15.2. The van der Waals surface area contributed by atoms with Gasteiger partial charge < -0.3 is 5.73 Å². The Bertz CT molecular complexity index is 947. The fourth-order valence-electron chi connectivity index (χ4n) is 16.5. The van der Waals surface area contributed by atoms with Crippen LogP contribution >= 0.6 is 0 Å². The molecule has 0 aliphatic heterocycles. The molecule has 0 radical (unpaired) electrons. The summed E-state index contributed by atoms with van der Waals surface area (Å²) in [4.78, 5) is 3.26. The van der Waals surface area contributed by atoms with E-state index in [4.69, 9.17) is 5.73 Å². The Labute approximate surface area is 265 Å². The molecule has 0 bridgehead atoms. The van der Waals surface area contributed by atoms with Crippen molar-refractivity contribution >= 4 is 0 Å². The number of nitrogens with two attached hydrogens (primary N) is 1. The summed E-state index contributed by atoms with van der Waals surface area (Å²) in [7, 11) is 0. The summed E-state index contributed by atoms with van der Waals surface area (Å²) < 4.78 is 0. The first-order valence-electron chi connectivity index (χ1n) is 20.8. The second kappa shape index (κ2) is 11.9. The summed E-state index contributed by atoms with van der Waals surface area (Å²) in [6, 6.07) is 3.04. The molecular weight excluding hydrogens is 520 g/mol. The minimum absolute atomic E-state index is 0.481. The zero-order valence-electron chi connectivity index (χ0n) is 28.0. The average Bonchev–Trinajstić information content (AvgIpc) is 3.52. The molecule has 242 valence electrons. The van der Waals surface area contributed by atoms with Gasteiger partial charge in [0.25, 0.3) is 0 Å². The van der Waals surface area contributed by atoms with E-state index in [0.29, 0.717) is 11.5 Å². The van der Waals surface area contributed by atoms with E-state index in [1.165, 1.54) is 96.3 Å². The molecule has 13 atom stereocenters. The predicted octanol–water partition coefficient (Wildman–Crippen LogP) is 10.1. The van der Waals surface area contributed by atoms with E-state index in [0.717, 1.165) is 77.3 Å². The number of nitrogens with zero attached hydrogens (tertiary/aromatic N) is 1. The van der Waals surface area contributed by atoms with Crippen molar-refractivity contribution in [1.82, 2.24) is 4.90 Å². The van der Waals surface area contributed by atoms with Crippen LogP contribution < -0.4 is 5.73 Å². The normalized spacial score (nSPS) is 52.3. The molecule has 9 fully saturated rings. The van der Waals surface area contributed by atoms with Crippen LogP contribution in [0.25, 0.3) is 0 Å². The van der Waals surface area contributed by atoms with Gasteiger partial charge in [-0.2, -0.15) is 0 Å². The highest BCUT2D eigenvalue weighted by molar-refractivity contribution is 5.22. The van der Waals surface area contributed by atoms with Gasteiger partial charge in [0.05, 0.1) is 0 Å². The summed E-state index contributed by atoms with van der Waals surface area (Å²) in [6.07, 6.45) is 39.8. The molecule has 1 spiro atoms. The SMILES string of the molecule is NC1CC(N(C2CCCCC2)C2CCCCC2)CC2C3CCCCC3C3(C4CCCCC4C4CC5CCCCC5CC43)C12. The zero-order chi connectivity index (χ0) is 28.5. The van der Waals surface area contributed by atoms with Crippen LogP contribution in [-0.4, -0.2) is 29.1 Å². The Balaban J connectivity index is 1.09. The second-order valence-electron chi connectivity index (χ2n) is 18.7. The standard InChI is InChI=1S/C41H68N2/c42-39-26-31(43(29-15-3-1-4-16-29)30-17-5-2-6-18-30)25-35-33-20-10-12-22-37(33)41(40(35)39)36-21-11-9-19-32(36)34-23-27-13-7-8-14-28(27)24-38(34)41/h27-40H,1-26,42H2. The molecule has 9 aliphatic rings. The molecule has 0 heterocycles. The molecule has 0 amide bonds. The lowest BCUT2D eigenvalue weighted by Gasteiger charge is -2.56. The number of rotatable bonds is 3. The third-order valence-electron chi connectivity index (χ3n) is 17.4. The van der Waals surface area contributed by atoms with Crippen LogP contribution in [0, 0.1) is 64.6 Å². The Hall–Kier alpha value is -0.0800. The van der Waals surface area contributed by atoms with Crippen LogP contribution in [0.15, 0.2) is 0 Å². The van der Waals surface area contributed by atoms with Crippen molar-refractivity contribution in [3.63, 3.8) is 0 Å². The Morgan fingerprint density at radius 3 is 1.53 bits per heavy atom. The molecule has 9 rings (SSSR count). The van der Waals surface area contributed by atoms with Crippen molar-refractivity contribution in [3.8, 4) is 0 Å². The lowest BCUT2D eigenvalue weighted by Crippen LogP contribution is -2.59. The maximum atomic E-state index is 7.86. The zero-order valence-corrected chi connectivity index (χ0v) is 28.0. The Morgan fingerprint density at radius 2 is 0.907 bits per heavy atom. The van der Waals surface area contributed by atoms with E-state index < -0.39 is 0 Å². The van der Waals surface area contributed by atoms with E-state index in [-0.39, 0.29) is 0 Å². The molecule has 13 unspecified atom stereocenters. The number of fused-ring (bicyclic) bond motifs is 11. The van der Waals surface area contributed by atoms with Gasteiger partial charge in [0.2, 0.25) is 0 Å². The molecule has 2 nitrogen and oxygen atoms in total. The minimum atomic E-state index is 0.481. The van der Waals surface area contributed by atoms with Crippen LogP contribution in [-0.2, 0) is 0 Å². The summed E-state index contributed by atoms with van der Waals surface area (Å²) in [5, 5.41) is 0. The quantitative estimate of drug-likeness (QED) is 0.355. The monoisotopic (exact) mass is 589 g/mol. The first-order chi connectivity index (χ1) is 21.2. The molecule has 0 aromatic carbocycles. The number of hydrogen-bond acceptors (Lipinski definition) is 2. The van der Waals surface area contributed by atoms with E-state index in [9.17, 15) is 0 Å².